The molecule has 21 heavy (non-hydrogen) atoms. The molecule has 0 aliphatic heterocycles. The summed E-state index contributed by atoms with van der Waals surface area (Å²) in [6.45, 7) is 4.68. The maximum Gasteiger partial charge on any atom is 0.128 e. The van der Waals surface area contributed by atoms with Crippen LogP contribution in [0.4, 0.5) is 4.39 Å². The molecule has 1 atom stereocenters. The lowest BCUT2D eigenvalue weighted by molar-refractivity contribution is 0.496. The van der Waals surface area contributed by atoms with Gasteiger partial charge in [-0.15, -0.1) is 0 Å². The quantitative estimate of drug-likeness (QED) is 0.851. The normalized spacial score (nSPS) is 12.7. The molecule has 0 spiro atoms. The zero-order chi connectivity index (χ0) is 15.6. The van der Waals surface area contributed by atoms with Gasteiger partial charge in [-0.3, -0.25) is 4.68 Å². The monoisotopic (exact) mass is 373 g/mol. The zero-order valence-corrected chi connectivity index (χ0v) is 14.6. The van der Waals surface area contributed by atoms with Gasteiger partial charge in [0, 0.05) is 30.1 Å². The van der Waals surface area contributed by atoms with Gasteiger partial charge in [0.2, 0.25) is 0 Å². The van der Waals surface area contributed by atoms with Crippen LogP contribution in [0.2, 0.25) is 5.02 Å². The van der Waals surface area contributed by atoms with Gasteiger partial charge in [0.1, 0.15) is 5.82 Å². The Kier molecular flexibility index (Phi) is 5.41. The van der Waals surface area contributed by atoms with Gasteiger partial charge in [0.15, 0.2) is 0 Å². The van der Waals surface area contributed by atoms with Gasteiger partial charge in [0.25, 0.3) is 0 Å². The molecule has 2 aromatic rings. The number of aromatic nitrogens is 2. The van der Waals surface area contributed by atoms with Crippen molar-refractivity contribution in [3.8, 4) is 0 Å². The predicted molar refractivity (Wildman–Crippen MR) is 87.2 cm³/mol. The van der Waals surface area contributed by atoms with Gasteiger partial charge in [-0.1, -0.05) is 18.5 Å². The summed E-state index contributed by atoms with van der Waals surface area (Å²) in [5.41, 5.74) is 2.53. The van der Waals surface area contributed by atoms with Crippen molar-refractivity contribution in [3.63, 3.8) is 0 Å². The summed E-state index contributed by atoms with van der Waals surface area (Å²) in [6.07, 6.45) is 0.628. The van der Waals surface area contributed by atoms with Crippen LogP contribution in [0.1, 0.15) is 29.9 Å². The summed E-state index contributed by atoms with van der Waals surface area (Å²) >= 11 is 9.56. The first-order valence-electron chi connectivity index (χ1n) is 6.80. The lowest BCUT2D eigenvalue weighted by Gasteiger charge is -2.19. The number of benzene rings is 1. The molecule has 0 aliphatic carbocycles. The highest BCUT2D eigenvalue weighted by atomic mass is 79.9. The number of rotatable bonds is 5. The molecule has 0 saturated carbocycles. The van der Waals surface area contributed by atoms with E-state index in [-0.39, 0.29) is 11.9 Å². The molecular weight excluding hydrogens is 357 g/mol. The van der Waals surface area contributed by atoms with Crippen LogP contribution < -0.4 is 5.32 Å². The molecule has 2 rings (SSSR count). The van der Waals surface area contributed by atoms with E-state index in [2.05, 4.69) is 26.3 Å². The Labute approximate surface area is 137 Å². The minimum Gasteiger partial charge on any atom is -0.310 e. The molecule has 1 aromatic carbocycles. The van der Waals surface area contributed by atoms with E-state index in [9.17, 15) is 4.39 Å². The van der Waals surface area contributed by atoms with Crippen LogP contribution in [0.3, 0.4) is 0 Å². The Hall–Kier alpha value is -0.910. The summed E-state index contributed by atoms with van der Waals surface area (Å²) in [7, 11) is 1.89. The van der Waals surface area contributed by atoms with Crippen LogP contribution in [0, 0.1) is 12.7 Å². The van der Waals surface area contributed by atoms with Gasteiger partial charge in [-0.25, -0.2) is 4.39 Å². The number of nitrogens with zero attached hydrogens (tertiary/aromatic N) is 2. The molecule has 114 valence electrons. The summed E-state index contributed by atoms with van der Waals surface area (Å²) in [5.74, 6) is -0.250. The third-order valence-corrected chi connectivity index (χ3v) is 4.71. The topological polar surface area (TPSA) is 29.9 Å². The molecule has 0 radical (unpaired) electrons. The lowest BCUT2D eigenvalue weighted by Crippen LogP contribution is -2.25. The molecule has 1 aromatic heterocycles. The Morgan fingerprint density at radius 1 is 1.48 bits per heavy atom. The standard InChI is InChI=1S/C15H18BrClFN3/c1-4-19-13(11-7-10(17)5-6-12(11)18)8-14-15(16)9(2)20-21(14)3/h5-7,13,19H,4,8H2,1-3H3. The van der Waals surface area contributed by atoms with Gasteiger partial charge in [-0.2, -0.15) is 5.10 Å². The number of hydrogen-bond donors (Lipinski definition) is 1. The number of likely N-dealkylation sites (N-methyl/N-ethyl adjacent to an activating group) is 1. The molecular formula is C15H18BrClFN3. The molecule has 0 aliphatic rings. The van der Waals surface area contributed by atoms with Crippen molar-refractivity contribution in [1.29, 1.82) is 0 Å². The average molecular weight is 375 g/mol. The fraction of sp³-hybridized carbons (Fsp3) is 0.400. The highest BCUT2D eigenvalue weighted by Gasteiger charge is 2.20. The first-order valence-corrected chi connectivity index (χ1v) is 7.97. The molecule has 0 saturated heterocycles. The van der Waals surface area contributed by atoms with E-state index >= 15 is 0 Å². The van der Waals surface area contributed by atoms with Gasteiger partial charge in [0.05, 0.1) is 15.9 Å². The molecule has 0 amide bonds. The Bertz CT molecular complexity index is 642. The SMILES string of the molecule is CCNC(Cc1c(Br)c(C)nn1C)c1cc(Cl)ccc1F. The number of hydrogen-bond acceptors (Lipinski definition) is 2. The largest absolute Gasteiger partial charge is 0.310 e. The molecule has 0 fully saturated rings. The van der Waals surface area contributed by atoms with Crippen molar-refractivity contribution in [3.05, 3.63) is 50.5 Å². The second-order valence-electron chi connectivity index (χ2n) is 4.95. The van der Waals surface area contributed by atoms with Crippen LogP contribution in [0.25, 0.3) is 0 Å². The molecule has 1 unspecified atom stereocenters. The second kappa shape index (κ2) is 6.90. The summed E-state index contributed by atoms with van der Waals surface area (Å²) < 4.78 is 16.9. The van der Waals surface area contributed by atoms with Crippen molar-refractivity contribution in [2.45, 2.75) is 26.3 Å². The van der Waals surface area contributed by atoms with E-state index in [4.69, 9.17) is 11.6 Å². The van der Waals surface area contributed by atoms with Crippen LogP contribution in [0.15, 0.2) is 22.7 Å². The van der Waals surface area contributed by atoms with Crippen molar-refractivity contribution >= 4 is 27.5 Å². The maximum atomic E-state index is 14.1. The fourth-order valence-electron chi connectivity index (χ4n) is 2.42. The molecule has 3 nitrogen and oxygen atoms in total. The van der Waals surface area contributed by atoms with E-state index < -0.39 is 0 Å². The Balaban J connectivity index is 2.37. The zero-order valence-electron chi connectivity index (χ0n) is 12.3. The average Bonchev–Trinajstić information content (AvgIpc) is 2.67. The first-order chi connectivity index (χ1) is 9.93. The van der Waals surface area contributed by atoms with Crippen molar-refractivity contribution in [2.24, 2.45) is 7.05 Å². The maximum absolute atomic E-state index is 14.1. The smallest absolute Gasteiger partial charge is 0.128 e. The first kappa shape index (κ1) is 16.5. The van der Waals surface area contributed by atoms with Crippen LogP contribution in [0.5, 0.6) is 0 Å². The van der Waals surface area contributed by atoms with Crippen LogP contribution in [-0.4, -0.2) is 16.3 Å². The third kappa shape index (κ3) is 3.65. The summed E-state index contributed by atoms with van der Waals surface area (Å²) in [5, 5.41) is 8.23. The van der Waals surface area contributed by atoms with Crippen molar-refractivity contribution < 1.29 is 4.39 Å². The van der Waals surface area contributed by atoms with E-state index in [0.717, 1.165) is 22.4 Å². The van der Waals surface area contributed by atoms with E-state index in [1.54, 1.807) is 12.1 Å². The number of halogens is 3. The van der Waals surface area contributed by atoms with Crippen LogP contribution in [-0.2, 0) is 13.5 Å². The Morgan fingerprint density at radius 2 is 2.19 bits per heavy atom. The summed E-state index contributed by atoms with van der Waals surface area (Å²) in [6, 6.07) is 4.50. The molecule has 0 bridgehead atoms. The third-order valence-electron chi connectivity index (χ3n) is 3.44. The van der Waals surface area contributed by atoms with E-state index in [1.807, 2.05) is 25.6 Å². The number of nitrogens with one attached hydrogen (secondary N) is 1. The second-order valence-corrected chi connectivity index (χ2v) is 6.18. The highest BCUT2D eigenvalue weighted by molar-refractivity contribution is 9.10. The number of aryl methyl sites for hydroxylation is 2. The molecule has 6 heteroatoms. The molecule has 1 N–H and O–H groups in total. The van der Waals surface area contributed by atoms with Gasteiger partial charge < -0.3 is 5.32 Å². The highest BCUT2D eigenvalue weighted by Crippen LogP contribution is 2.28. The van der Waals surface area contributed by atoms with Crippen molar-refractivity contribution in [2.75, 3.05) is 6.54 Å². The van der Waals surface area contributed by atoms with Gasteiger partial charge >= 0.3 is 0 Å². The van der Waals surface area contributed by atoms with Crippen molar-refractivity contribution in [1.82, 2.24) is 15.1 Å². The van der Waals surface area contributed by atoms with Crippen LogP contribution >= 0.6 is 27.5 Å². The Morgan fingerprint density at radius 3 is 2.76 bits per heavy atom. The van der Waals surface area contributed by atoms with E-state index in [0.29, 0.717) is 17.0 Å². The lowest BCUT2D eigenvalue weighted by atomic mass is 10.0. The predicted octanol–water partition coefficient (Wildman–Crippen LogP) is 4.18. The fourth-order valence-corrected chi connectivity index (χ4v) is 3.09. The molecule has 1 heterocycles. The van der Waals surface area contributed by atoms with Gasteiger partial charge in [-0.05, 0) is 47.6 Å². The minimum absolute atomic E-state index is 0.153. The minimum atomic E-state index is -0.250. The summed E-state index contributed by atoms with van der Waals surface area (Å²) in [4.78, 5) is 0. The van der Waals surface area contributed by atoms with E-state index in [1.165, 1.54) is 6.07 Å².